The first kappa shape index (κ1) is 18.4. The second-order valence-corrected chi connectivity index (χ2v) is 4.15. The molecule has 0 atom stereocenters. The number of benzene rings is 1. The molecule has 0 unspecified atom stereocenters. The summed E-state index contributed by atoms with van der Waals surface area (Å²) in [6.07, 6.45) is 2.39. The van der Waals surface area contributed by atoms with E-state index in [1.165, 1.54) is 12.0 Å². The Kier molecular flexibility index (Phi) is 14.2. The Morgan fingerprint density at radius 1 is 1.00 bits per heavy atom. The van der Waals surface area contributed by atoms with E-state index in [1.807, 2.05) is 26.0 Å². The molecule has 1 nitrogen and oxygen atoms in total. The highest BCUT2D eigenvalue weighted by atomic mass is 16.5. The minimum Gasteiger partial charge on any atom is -0.497 e. The topological polar surface area (TPSA) is 9.23 Å². The van der Waals surface area contributed by atoms with E-state index in [4.69, 9.17) is 4.74 Å². The van der Waals surface area contributed by atoms with E-state index >= 15 is 0 Å². The molecule has 0 aromatic heterocycles. The van der Waals surface area contributed by atoms with Crippen molar-refractivity contribution in [1.29, 1.82) is 0 Å². The van der Waals surface area contributed by atoms with Crippen molar-refractivity contribution in [3.8, 4) is 5.75 Å². The standard InChI is InChI=1S/C11H16O.C3H8.C2H6/c1-9(2)8-10-4-6-11(12-3)7-5-10;1-3-2;1-2/h4-7,9H,8H2,1-3H3;3H2,1-2H3;1-2H3. The monoisotopic (exact) mass is 238 g/mol. The van der Waals surface area contributed by atoms with Gasteiger partial charge in [-0.2, -0.15) is 0 Å². The van der Waals surface area contributed by atoms with E-state index in [0.29, 0.717) is 0 Å². The summed E-state index contributed by atoms with van der Waals surface area (Å²) in [4.78, 5) is 0. The summed E-state index contributed by atoms with van der Waals surface area (Å²) in [7, 11) is 1.69. The third-order valence-electron chi connectivity index (χ3n) is 1.80. The molecular weight excluding hydrogens is 208 g/mol. The van der Waals surface area contributed by atoms with Crippen molar-refractivity contribution in [2.24, 2.45) is 5.92 Å². The van der Waals surface area contributed by atoms with Crippen LogP contribution in [0, 0.1) is 5.92 Å². The molecule has 0 fully saturated rings. The first-order valence-electron chi connectivity index (χ1n) is 6.76. The lowest BCUT2D eigenvalue weighted by molar-refractivity contribution is 0.414. The van der Waals surface area contributed by atoms with Crippen molar-refractivity contribution in [3.63, 3.8) is 0 Å². The SMILES string of the molecule is CC.CCC.COc1ccc(CC(C)C)cc1. The van der Waals surface area contributed by atoms with Gasteiger partial charge in [0, 0.05) is 0 Å². The van der Waals surface area contributed by atoms with Gasteiger partial charge in [-0.3, -0.25) is 0 Å². The Morgan fingerprint density at radius 3 is 1.71 bits per heavy atom. The van der Waals surface area contributed by atoms with Gasteiger partial charge in [-0.1, -0.05) is 60.1 Å². The van der Waals surface area contributed by atoms with Crippen LogP contribution in [0.5, 0.6) is 5.75 Å². The summed E-state index contributed by atoms with van der Waals surface area (Å²) in [5, 5.41) is 0. The van der Waals surface area contributed by atoms with Crippen LogP contribution < -0.4 is 4.74 Å². The quantitative estimate of drug-likeness (QED) is 0.691. The van der Waals surface area contributed by atoms with E-state index in [-0.39, 0.29) is 0 Å². The molecule has 1 aromatic rings. The summed E-state index contributed by atoms with van der Waals surface area (Å²) in [5.74, 6) is 1.65. The van der Waals surface area contributed by atoms with Gasteiger partial charge in [0.25, 0.3) is 0 Å². The fourth-order valence-corrected chi connectivity index (χ4v) is 1.23. The molecule has 0 saturated heterocycles. The predicted molar refractivity (Wildman–Crippen MR) is 78.8 cm³/mol. The summed E-state index contributed by atoms with van der Waals surface area (Å²) in [6, 6.07) is 8.27. The van der Waals surface area contributed by atoms with Crippen LogP contribution >= 0.6 is 0 Å². The van der Waals surface area contributed by atoms with Gasteiger partial charge in [-0.15, -0.1) is 0 Å². The third-order valence-corrected chi connectivity index (χ3v) is 1.80. The van der Waals surface area contributed by atoms with Gasteiger partial charge < -0.3 is 4.74 Å². The fourth-order valence-electron chi connectivity index (χ4n) is 1.23. The number of ether oxygens (including phenoxy) is 1. The zero-order chi connectivity index (χ0) is 13.7. The van der Waals surface area contributed by atoms with Crippen LogP contribution in [0.25, 0.3) is 0 Å². The lowest BCUT2D eigenvalue weighted by Crippen LogP contribution is -1.93. The fraction of sp³-hybridized carbons (Fsp3) is 0.625. The number of hydrogen-bond acceptors (Lipinski definition) is 1. The molecule has 0 spiro atoms. The lowest BCUT2D eigenvalue weighted by Gasteiger charge is -2.05. The van der Waals surface area contributed by atoms with Crippen LogP contribution in [-0.2, 0) is 6.42 Å². The summed E-state index contributed by atoms with van der Waals surface area (Å²) < 4.78 is 5.07. The first-order valence-corrected chi connectivity index (χ1v) is 6.76. The Labute approximate surface area is 108 Å². The second-order valence-electron chi connectivity index (χ2n) is 4.15. The first-order chi connectivity index (χ1) is 8.13. The molecule has 0 bridgehead atoms. The molecule has 1 heteroatoms. The van der Waals surface area contributed by atoms with Crippen molar-refractivity contribution in [2.45, 2.75) is 54.4 Å². The number of methoxy groups -OCH3 is 1. The highest BCUT2D eigenvalue weighted by Gasteiger charge is 1.97. The maximum Gasteiger partial charge on any atom is 0.118 e. The molecule has 0 heterocycles. The van der Waals surface area contributed by atoms with Crippen LogP contribution in [0.3, 0.4) is 0 Å². The molecule has 0 aliphatic heterocycles. The average molecular weight is 238 g/mol. The summed E-state index contributed by atoms with van der Waals surface area (Å²) >= 11 is 0. The summed E-state index contributed by atoms with van der Waals surface area (Å²) in [6.45, 7) is 12.7. The van der Waals surface area contributed by atoms with Gasteiger partial charge in [-0.05, 0) is 30.0 Å². The third kappa shape index (κ3) is 11.3. The van der Waals surface area contributed by atoms with Gasteiger partial charge in [-0.25, -0.2) is 0 Å². The van der Waals surface area contributed by atoms with Crippen molar-refractivity contribution in [2.75, 3.05) is 7.11 Å². The van der Waals surface area contributed by atoms with E-state index in [0.717, 1.165) is 18.1 Å². The smallest absolute Gasteiger partial charge is 0.118 e. The number of hydrogen-bond donors (Lipinski definition) is 0. The predicted octanol–water partition coefficient (Wildman–Crippen LogP) is 5.34. The van der Waals surface area contributed by atoms with Crippen molar-refractivity contribution < 1.29 is 4.74 Å². The minimum atomic E-state index is 0.721. The molecule has 17 heavy (non-hydrogen) atoms. The Morgan fingerprint density at radius 2 is 1.41 bits per heavy atom. The molecule has 100 valence electrons. The van der Waals surface area contributed by atoms with Gasteiger partial charge in [0.1, 0.15) is 5.75 Å². The van der Waals surface area contributed by atoms with Gasteiger partial charge in [0.05, 0.1) is 7.11 Å². The Hall–Kier alpha value is -0.980. The molecule has 0 N–H and O–H groups in total. The van der Waals surface area contributed by atoms with Gasteiger partial charge >= 0.3 is 0 Å². The van der Waals surface area contributed by atoms with Crippen LogP contribution in [-0.4, -0.2) is 7.11 Å². The molecule has 0 aliphatic rings. The normalized spacial score (nSPS) is 8.71. The van der Waals surface area contributed by atoms with Gasteiger partial charge in [0.2, 0.25) is 0 Å². The molecule has 0 radical (unpaired) electrons. The summed E-state index contributed by atoms with van der Waals surface area (Å²) in [5.41, 5.74) is 1.38. The van der Waals surface area contributed by atoms with Crippen molar-refractivity contribution in [1.82, 2.24) is 0 Å². The lowest BCUT2D eigenvalue weighted by atomic mass is 10.0. The Balaban J connectivity index is 0. The average Bonchev–Trinajstić information content (AvgIpc) is 2.33. The van der Waals surface area contributed by atoms with Crippen LogP contribution in [0.1, 0.15) is 53.5 Å². The van der Waals surface area contributed by atoms with E-state index in [2.05, 4.69) is 39.8 Å². The zero-order valence-corrected chi connectivity index (χ0v) is 12.7. The van der Waals surface area contributed by atoms with Crippen LogP contribution in [0.4, 0.5) is 0 Å². The largest absolute Gasteiger partial charge is 0.497 e. The van der Waals surface area contributed by atoms with E-state index < -0.39 is 0 Å². The highest BCUT2D eigenvalue weighted by molar-refractivity contribution is 5.27. The van der Waals surface area contributed by atoms with Crippen molar-refractivity contribution >= 4 is 0 Å². The molecular formula is C16H30O. The zero-order valence-electron chi connectivity index (χ0n) is 12.7. The maximum absolute atomic E-state index is 5.07. The van der Waals surface area contributed by atoms with Crippen LogP contribution in [0.2, 0.25) is 0 Å². The molecule has 1 rings (SSSR count). The molecule has 1 aromatic carbocycles. The van der Waals surface area contributed by atoms with E-state index in [9.17, 15) is 0 Å². The van der Waals surface area contributed by atoms with Crippen LogP contribution in [0.15, 0.2) is 24.3 Å². The molecule has 0 amide bonds. The Bertz CT molecular complexity index is 236. The van der Waals surface area contributed by atoms with E-state index in [1.54, 1.807) is 7.11 Å². The van der Waals surface area contributed by atoms with Crippen molar-refractivity contribution in [3.05, 3.63) is 29.8 Å². The second kappa shape index (κ2) is 13.1. The molecule has 0 saturated carbocycles. The maximum atomic E-state index is 5.07. The highest BCUT2D eigenvalue weighted by Crippen LogP contribution is 2.13. The van der Waals surface area contributed by atoms with Gasteiger partial charge in [0.15, 0.2) is 0 Å². The molecule has 0 aliphatic carbocycles. The minimum absolute atomic E-state index is 0.721. The number of rotatable bonds is 3.